The fourth-order valence-electron chi connectivity index (χ4n) is 2.33. The largest absolute Gasteiger partial charge is 1.00 e. The number of benzene rings is 2. The molecule has 0 aliphatic rings. The molecule has 2 aromatic carbocycles. The molecule has 0 fully saturated rings. The summed E-state index contributed by atoms with van der Waals surface area (Å²) in [5.74, 6) is -0.216. The molecule has 0 heterocycles. The summed E-state index contributed by atoms with van der Waals surface area (Å²) in [7, 11) is -8.85. The Morgan fingerprint density at radius 1 is 0.767 bits per heavy atom. The number of carbonyl (C=O) groups is 2. The Hall–Kier alpha value is -0.920. The van der Waals surface area contributed by atoms with Gasteiger partial charge in [-0.3, -0.25) is 9.59 Å². The number of hydrogen-bond donors (Lipinski definition) is 0. The van der Waals surface area contributed by atoms with Crippen molar-refractivity contribution in [2.75, 3.05) is 0 Å². The maximum atomic E-state index is 12.0. The van der Waals surface area contributed by atoms with Gasteiger partial charge in [0.25, 0.3) is 0 Å². The van der Waals surface area contributed by atoms with Crippen LogP contribution in [0.4, 0.5) is 0 Å². The third-order valence-corrected chi connectivity index (χ3v) is 7.49. The van der Waals surface area contributed by atoms with Crippen molar-refractivity contribution in [2.24, 2.45) is 5.41 Å². The zero-order chi connectivity index (χ0) is 32.6. The number of ketones is 2. The van der Waals surface area contributed by atoms with Crippen LogP contribution in [0.3, 0.4) is 0 Å². The quantitative estimate of drug-likeness (QED) is 0.179. The Bertz CT molecular complexity index is 1370. The maximum Gasteiger partial charge on any atom is 1.00 e. The molecule has 12 heteroatoms. The van der Waals surface area contributed by atoms with Gasteiger partial charge in [-0.25, -0.2) is 16.8 Å². The molecule has 0 unspecified atom stereocenters. The fourth-order valence-corrected chi connectivity index (χ4v) is 3.26. The molecule has 0 atom stereocenters. The SMILES string of the molecule is C=C(C)CC.CC(=O)c1ccc(S(=O)(=O)[O-])cc1.CC=C(C)C.CCC(C)(C)CC(=O)c1ccc(S(=O)(=O)[O-])cc1.[Na+].[Na+]. The maximum absolute atomic E-state index is 12.0. The summed E-state index contributed by atoms with van der Waals surface area (Å²) < 4.78 is 63.7. The Kier molecular flexibility index (Phi) is 26.7. The van der Waals surface area contributed by atoms with Crippen LogP contribution < -0.4 is 59.1 Å². The minimum atomic E-state index is -4.45. The molecule has 0 aliphatic heterocycles. The smallest absolute Gasteiger partial charge is 0.744 e. The van der Waals surface area contributed by atoms with E-state index < -0.39 is 20.2 Å². The van der Waals surface area contributed by atoms with Gasteiger partial charge in [-0.05, 0) is 70.7 Å². The van der Waals surface area contributed by atoms with Crippen molar-refractivity contribution in [1.29, 1.82) is 0 Å². The summed E-state index contributed by atoms with van der Waals surface area (Å²) in [4.78, 5) is 22.1. The summed E-state index contributed by atoms with van der Waals surface area (Å²) >= 11 is 0. The van der Waals surface area contributed by atoms with Crippen LogP contribution in [0.25, 0.3) is 0 Å². The van der Waals surface area contributed by atoms with Gasteiger partial charge in [-0.1, -0.05) is 75.6 Å². The number of hydrogen-bond acceptors (Lipinski definition) is 8. The van der Waals surface area contributed by atoms with Crippen molar-refractivity contribution in [3.63, 3.8) is 0 Å². The first-order chi connectivity index (χ1) is 18.6. The van der Waals surface area contributed by atoms with Crippen molar-refractivity contribution in [3.05, 3.63) is 83.5 Å². The van der Waals surface area contributed by atoms with E-state index in [-0.39, 0.29) is 85.9 Å². The number of allylic oxidation sites excluding steroid dienone is 3. The van der Waals surface area contributed by atoms with Crippen molar-refractivity contribution in [2.45, 2.75) is 91.4 Å². The minimum Gasteiger partial charge on any atom is -0.744 e. The van der Waals surface area contributed by atoms with Crippen molar-refractivity contribution >= 4 is 31.8 Å². The van der Waals surface area contributed by atoms with E-state index in [1.165, 1.54) is 54.5 Å². The van der Waals surface area contributed by atoms with E-state index in [0.717, 1.165) is 25.0 Å². The standard InChI is InChI=1S/C13H18O4S.C8H8O4S.2C5H10.2Na/c1-4-13(2,3)9-12(14)10-5-7-11(8-6-10)18(15,16)17;1-6(9)7-2-4-8(5-3-7)13(10,11)12;2*1-4-5(2)3;;/h5-8H,4,9H2,1-3H3,(H,15,16,17);2-5H,1H3,(H,10,11,12);4H,1-3H3;2,4H2,1,3H3;;/q;;;;2*+1/p-2. The van der Waals surface area contributed by atoms with Gasteiger partial charge in [0.15, 0.2) is 11.6 Å². The van der Waals surface area contributed by atoms with Crippen LogP contribution in [-0.4, -0.2) is 37.5 Å². The Morgan fingerprint density at radius 2 is 1.07 bits per heavy atom. The zero-order valence-electron chi connectivity index (χ0n) is 27.6. The van der Waals surface area contributed by atoms with Gasteiger partial charge in [-0.2, -0.15) is 0 Å². The molecule has 0 spiro atoms. The van der Waals surface area contributed by atoms with Gasteiger partial charge >= 0.3 is 59.1 Å². The van der Waals surface area contributed by atoms with E-state index >= 15 is 0 Å². The molecule has 8 nitrogen and oxygen atoms in total. The molecule has 0 N–H and O–H groups in total. The van der Waals surface area contributed by atoms with Crippen LogP contribution in [0.2, 0.25) is 0 Å². The molecular weight excluding hydrogens is 610 g/mol. The summed E-state index contributed by atoms with van der Waals surface area (Å²) in [5, 5.41) is 0. The Morgan fingerprint density at radius 3 is 1.28 bits per heavy atom. The molecule has 2 aromatic rings. The summed E-state index contributed by atoms with van der Waals surface area (Å²) in [5.41, 5.74) is 3.37. The first kappa shape index (κ1) is 49.0. The molecule has 2 rings (SSSR count). The molecule has 0 bridgehead atoms. The van der Waals surface area contributed by atoms with Crippen LogP contribution in [0.5, 0.6) is 0 Å². The van der Waals surface area contributed by atoms with Crippen LogP contribution >= 0.6 is 0 Å². The third-order valence-electron chi connectivity index (χ3n) is 5.79. The molecule has 0 aromatic heterocycles. The van der Waals surface area contributed by atoms with Gasteiger partial charge < -0.3 is 9.11 Å². The molecule has 0 saturated heterocycles. The van der Waals surface area contributed by atoms with Crippen LogP contribution in [0, 0.1) is 5.41 Å². The molecule has 0 saturated carbocycles. The number of carbonyl (C=O) groups excluding carboxylic acids is 2. The topological polar surface area (TPSA) is 149 Å². The van der Waals surface area contributed by atoms with Crippen LogP contribution in [0.15, 0.2) is 82.1 Å². The van der Waals surface area contributed by atoms with Crippen LogP contribution in [0.1, 0.15) is 102 Å². The zero-order valence-corrected chi connectivity index (χ0v) is 33.2. The fraction of sp³-hybridized carbons (Fsp3) is 0.419. The molecule has 230 valence electrons. The number of rotatable bonds is 8. The molecule has 0 amide bonds. The Labute approximate surface area is 303 Å². The molecule has 0 radical (unpaired) electrons. The predicted molar refractivity (Wildman–Crippen MR) is 162 cm³/mol. The summed E-state index contributed by atoms with van der Waals surface area (Å²) in [6, 6.07) is 10.00. The van der Waals surface area contributed by atoms with Gasteiger partial charge in [-0.15, -0.1) is 6.58 Å². The second-order valence-corrected chi connectivity index (χ2v) is 13.1. The first-order valence-corrected chi connectivity index (χ1v) is 15.8. The predicted octanol–water partition coefficient (Wildman–Crippen LogP) is 1.35. The average molecular weight is 655 g/mol. The average Bonchev–Trinajstić information content (AvgIpc) is 2.88. The first-order valence-electron chi connectivity index (χ1n) is 13.0. The van der Waals surface area contributed by atoms with Gasteiger partial charge in [0.1, 0.15) is 20.2 Å². The molecule has 0 aliphatic carbocycles. The summed E-state index contributed by atoms with van der Waals surface area (Å²) in [6.07, 6.45) is 4.47. The minimum absolute atomic E-state index is 0. The van der Waals surface area contributed by atoms with Crippen molar-refractivity contribution in [1.82, 2.24) is 0 Å². The van der Waals surface area contributed by atoms with E-state index in [1.54, 1.807) is 0 Å². The Balaban J connectivity index is -0.000000266. The summed E-state index contributed by atoms with van der Waals surface area (Å²) in [6.45, 7) is 21.4. The van der Waals surface area contributed by atoms with Crippen molar-refractivity contribution < 1.29 is 94.6 Å². The van der Waals surface area contributed by atoms with Crippen molar-refractivity contribution in [3.8, 4) is 0 Å². The molecule has 43 heavy (non-hydrogen) atoms. The van der Waals surface area contributed by atoms with E-state index in [0.29, 0.717) is 17.5 Å². The molecular formula is C31H44Na2O8S2. The number of Topliss-reactive ketones (excluding diaryl/α,β-unsaturated/α-hetero) is 2. The second kappa shape index (κ2) is 23.4. The van der Waals surface area contributed by atoms with Gasteiger partial charge in [0.05, 0.1) is 9.79 Å². The van der Waals surface area contributed by atoms with E-state index in [4.69, 9.17) is 0 Å². The van der Waals surface area contributed by atoms with E-state index in [9.17, 15) is 35.5 Å². The van der Waals surface area contributed by atoms with Crippen LogP contribution in [-0.2, 0) is 20.2 Å². The monoisotopic (exact) mass is 654 g/mol. The third kappa shape index (κ3) is 24.0. The van der Waals surface area contributed by atoms with Gasteiger partial charge in [0, 0.05) is 17.5 Å². The normalized spacial score (nSPS) is 10.3. The second-order valence-electron chi connectivity index (χ2n) is 10.3. The van der Waals surface area contributed by atoms with E-state index in [1.807, 2.05) is 34.6 Å². The van der Waals surface area contributed by atoms with Gasteiger partial charge in [0.2, 0.25) is 0 Å². The van der Waals surface area contributed by atoms with E-state index in [2.05, 4.69) is 33.4 Å².